The number of carbonyl (C=O) groups excluding carboxylic acids is 1. The Hall–Kier alpha value is -1.57. The fourth-order valence-electron chi connectivity index (χ4n) is 2.92. The topological polar surface area (TPSA) is 64.9 Å². The molecule has 0 spiro atoms. The third-order valence-corrected chi connectivity index (χ3v) is 4.20. The average molecular weight is 306 g/mol. The number of rotatable bonds is 6. The molecule has 0 aromatic heterocycles. The second-order valence-electron chi connectivity index (χ2n) is 5.39. The molecule has 5 heteroatoms. The van der Waals surface area contributed by atoms with Gasteiger partial charge in [0.05, 0.1) is 12.6 Å². The van der Waals surface area contributed by atoms with Gasteiger partial charge in [-0.15, -0.1) is 0 Å². The van der Waals surface area contributed by atoms with E-state index in [0.29, 0.717) is 5.92 Å². The lowest BCUT2D eigenvalue weighted by Crippen LogP contribution is -2.37. The maximum absolute atomic E-state index is 11.7. The first-order chi connectivity index (χ1) is 10.2. The van der Waals surface area contributed by atoms with Gasteiger partial charge < -0.3 is 10.6 Å². The molecule has 1 saturated carbocycles. The van der Waals surface area contributed by atoms with Crippen LogP contribution in [0.3, 0.4) is 0 Å². The smallest absolute Gasteiger partial charge is 0.234 e. The summed E-state index contributed by atoms with van der Waals surface area (Å²) in [6.07, 6.45) is 4.86. The average Bonchev–Trinajstić information content (AvgIpc) is 3.01. The van der Waals surface area contributed by atoms with Crippen LogP contribution in [-0.4, -0.2) is 19.0 Å². The first-order valence-corrected chi connectivity index (χ1v) is 7.71. The molecule has 1 atom stereocenters. The Kier molecular flexibility index (Phi) is 6.04. The molecule has 21 heavy (non-hydrogen) atoms. The highest BCUT2D eigenvalue weighted by Gasteiger charge is 2.26. The SMILES string of the molecule is N#CCNC(=O)CN[C@H](c1ccc(Cl)cc1)C1CCCC1. The number of nitrogens with zero attached hydrogens (tertiary/aromatic N) is 1. The van der Waals surface area contributed by atoms with Crippen molar-refractivity contribution in [2.75, 3.05) is 13.1 Å². The van der Waals surface area contributed by atoms with Gasteiger partial charge in [-0.05, 0) is 36.5 Å². The first-order valence-electron chi connectivity index (χ1n) is 7.33. The van der Waals surface area contributed by atoms with Crippen LogP contribution in [0.2, 0.25) is 5.02 Å². The summed E-state index contributed by atoms with van der Waals surface area (Å²) >= 11 is 5.95. The Labute approximate surface area is 130 Å². The summed E-state index contributed by atoms with van der Waals surface area (Å²) in [4.78, 5) is 11.7. The van der Waals surface area contributed by atoms with Crippen LogP contribution in [0.1, 0.15) is 37.3 Å². The molecule has 1 aromatic rings. The van der Waals surface area contributed by atoms with Crippen LogP contribution < -0.4 is 10.6 Å². The van der Waals surface area contributed by atoms with Gasteiger partial charge in [0, 0.05) is 11.1 Å². The summed E-state index contributed by atoms with van der Waals surface area (Å²) < 4.78 is 0. The highest BCUT2D eigenvalue weighted by Crippen LogP contribution is 2.35. The summed E-state index contributed by atoms with van der Waals surface area (Å²) in [6, 6.07) is 9.88. The van der Waals surface area contributed by atoms with E-state index in [1.54, 1.807) is 0 Å². The van der Waals surface area contributed by atoms with Gasteiger partial charge >= 0.3 is 0 Å². The Morgan fingerprint density at radius 3 is 2.62 bits per heavy atom. The number of halogens is 1. The van der Waals surface area contributed by atoms with E-state index in [4.69, 9.17) is 16.9 Å². The van der Waals surface area contributed by atoms with Gasteiger partial charge in [-0.1, -0.05) is 36.6 Å². The Morgan fingerprint density at radius 1 is 1.33 bits per heavy atom. The van der Waals surface area contributed by atoms with Crippen molar-refractivity contribution < 1.29 is 4.79 Å². The first kappa shape index (κ1) is 15.8. The van der Waals surface area contributed by atoms with Crippen LogP contribution in [0.15, 0.2) is 24.3 Å². The third-order valence-electron chi connectivity index (χ3n) is 3.95. The Bertz CT molecular complexity index is 503. The lowest BCUT2D eigenvalue weighted by molar-refractivity contribution is -0.120. The molecule has 0 radical (unpaired) electrons. The summed E-state index contributed by atoms with van der Waals surface area (Å²) in [6.45, 7) is 0.279. The number of amides is 1. The molecule has 2 rings (SSSR count). The molecule has 1 amide bonds. The predicted octanol–water partition coefficient (Wildman–Crippen LogP) is 2.80. The van der Waals surface area contributed by atoms with E-state index in [2.05, 4.69) is 10.6 Å². The molecule has 0 unspecified atom stereocenters. The second kappa shape index (κ2) is 8.02. The molecule has 0 heterocycles. The van der Waals surface area contributed by atoms with Crippen LogP contribution in [0.25, 0.3) is 0 Å². The van der Waals surface area contributed by atoms with Crippen LogP contribution in [0, 0.1) is 17.2 Å². The Morgan fingerprint density at radius 2 is 2.00 bits per heavy atom. The van der Waals surface area contributed by atoms with Crippen molar-refractivity contribution in [3.8, 4) is 6.07 Å². The maximum Gasteiger partial charge on any atom is 0.234 e. The highest BCUT2D eigenvalue weighted by molar-refractivity contribution is 6.30. The van der Waals surface area contributed by atoms with E-state index in [0.717, 1.165) is 5.02 Å². The summed E-state index contributed by atoms with van der Waals surface area (Å²) in [5, 5.41) is 15.1. The van der Waals surface area contributed by atoms with Crippen molar-refractivity contribution in [1.29, 1.82) is 5.26 Å². The fourth-order valence-corrected chi connectivity index (χ4v) is 3.05. The molecule has 2 N–H and O–H groups in total. The summed E-state index contributed by atoms with van der Waals surface area (Å²) in [5.41, 5.74) is 1.17. The van der Waals surface area contributed by atoms with Gasteiger partial charge in [0.2, 0.25) is 5.91 Å². The zero-order valence-corrected chi connectivity index (χ0v) is 12.7. The van der Waals surface area contributed by atoms with E-state index >= 15 is 0 Å². The molecule has 1 fully saturated rings. The number of hydrogen-bond acceptors (Lipinski definition) is 3. The van der Waals surface area contributed by atoms with Crippen molar-refractivity contribution in [3.05, 3.63) is 34.9 Å². The lowest BCUT2D eigenvalue weighted by atomic mass is 9.91. The lowest BCUT2D eigenvalue weighted by Gasteiger charge is -2.25. The monoisotopic (exact) mass is 305 g/mol. The molecule has 112 valence electrons. The van der Waals surface area contributed by atoms with Crippen molar-refractivity contribution in [2.45, 2.75) is 31.7 Å². The molecule has 4 nitrogen and oxygen atoms in total. The fraction of sp³-hybridized carbons (Fsp3) is 0.500. The maximum atomic E-state index is 11.7. The quantitative estimate of drug-likeness (QED) is 0.794. The van der Waals surface area contributed by atoms with Gasteiger partial charge in [-0.2, -0.15) is 5.26 Å². The molecular weight excluding hydrogens is 286 g/mol. The molecule has 0 aliphatic heterocycles. The minimum Gasteiger partial charge on any atom is -0.342 e. The largest absolute Gasteiger partial charge is 0.342 e. The summed E-state index contributed by atoms with van der Waals surface area (Å²) in [5.74, 6) is 0.406. The minimum absolute atomic E-state index is 0.0511. The molecule has 0 saturated heterocycles. The van der Waals surface area contributed by atoms with Crippen molar-refractivity contribution in [1.82, 2.24) is 10.6 Å². The molecule has 1 aromatic carbocycles. The van der Waals surface area contributed by atoms with Crippen molar-refractivity contribution in [3.63, 3.8) is 0 Å². The zero-order chi connectivity index (χ0) is 15.1. The van der Waals surface area contributed by atoms with Crippen molar-refractivity contribution in [2.24, 2.45) is 5.92 Å². The molecule has 1 aliphatic carbocycles. The number of carbonyl (C=O) groups is 1. The number of hydrogen-bond donors (Lipinski definition) is 2. The van der Waals surface area contributed by atoms with E-state index in [1.165, 1.54) is 31.2 Å². The van der Waals surface area contributed by atoms with Crippen LogP contribution in [0.4, 0.5) is 0 Å². The van der Waals surface area contributed by atoms with Gasteiger partial charge in [0.1, 0.15) is 6.54 Å². The molecule has 0 bridgehead atoms. The van der Waals surface area contributed by atoms with Crippen LogP contribution in [0.5, 0.6) is 0 Å². The van der Waals surface area contributed by atoms with E-state index in [-0.39, 0.29) is 25.0 Å². The third kappa shape index (κ3) is 4.73. The van der Waals surface area contributed by atoms with E-state index in [9.17, 15) is 4.79 Å². The van der Waals surface area contributed by atoms with Gasteiger partial charge in [0.15, 0.2) is 0 Å². The number of benzene rings is 1. The van der Waals surface area contributed by atoms with Gasteiger partial charge in [0.25, 0.3) is 0 Å². The van der Waals surface area contributed by atoms with E-state index in [1.807, 2.05) is 30.3 Å². The Balaban J connectivity index is 2.00. The van der Waals surface area contributed by atoms with Crippen LogP contribution in [-0.2, 0) is 4.79 Å². The molecular formula is C16H20ClN3O. The van der Waals surface area contributed by atoms with Crippen LogP contribution >= 0.6 is 11.6 Å². The number of nitrogens with one attached hydrogen (secondary N) is 2. The normalized spacial score (nSPS) is 16.4. The van der Waals surface area contributed by atoms with E-state index < -0.39 is 0 Å². The second-order valence-corrected chi connectivity index (χ2v) is 5.83. The number of nitriles is 1. The highest BCUT2D eigenvalue weighted by atomic mass is 35.5. The zero-order valence-electron chi connectivity index (χ0n) is 11.9. The molecule has 1 aliphatic rings. The van der Waals surface area contributed by atoms with Gasteiger partial charge in [-0.25, -0.2) is 0 Å². The van der Waals surface area contributed by atoms with Gasteiger partial charge in [-0.3, -0.25) is 4.79 Å². The standard InChI is InChI=1S/C16H20ClN3O/c17-14-7-5-13(6-8-14)16(12-3-1-2-4-12)20-11-15(21)19-10-9-18/h5-8,12,16,20H,1-4,10-11H2,(H,19,21)/t16-/m0/s1. The minimum atomic E-state index is -0.145. The predicted molar refractivity (Wildman–Crippen MR) is 82.8 cm³/mol. The summed E-state index contributed by atoms with van der Waals surface area (Å²) in [7, 11) is 0. The van der Waals surface area contributed by atoms with Crippen molar-refractivity contribution >= 4 is 17.5 Å².